The molecule has 116 valence electrons. The van der Waals surface area contributed by atoms with Crippen molar-refractivity contribution in [3.8, 4) is 0 Å². The van der Waals surface area contributed by atoms with Crippen molar-refractivity contribution in [2.75, 3.05) is 13.1 Å². The number of hydrogen-bond acceptors (Lipinski definition) is 4. The zero-order valence-electron chi connectivity index (χ0n) is 12.8. The van der Waals surface area contributed by atoms with E-state index >= 15 is 0 Å². The van der Waals surface area contributed by atoms with Gasteiger partial charge in [0, 0.05) is 19.1 Å². The molecule has 0 spiro atoms. The number of likely N-dealkylation sites (tertiary alicyclic amines) is 1. The Hall–Kier alpha value is -1.30. The highest BCUT2D eigenvalue weighted by molar-refractivity contribution is 5.73. The van der Waals surface area contributed by atoms with Gasteiger partial charge >= 0.3 is 12.1 Å². The molecular weight excluding hydrogens is 260 g/mol. The number of carboxylic acid groups (broad SMARTS) is 1. The third-order valence-electron chi connectivity index (χ3n) is 3.22. The standard InChI is InChI=1S/C14H26N2O4/c1-5-11(12(17)18)15-10-7-6-8-16(9-10)13(19)20-14(2,3)4/h10-11,15H,5-9H2,1-4H3,(H,17,18). The first-order valence-corrected chi connectivity index (χ1v) is 7.19. The molecule has 0 saturated carbocycles. The summed E-state index contributed by atoms with van der Waals surface area (Å²) in [6, 6.07) is -0.545. The van der Waals surface area contributed by atoms with Gasteiger partial charge in [0.25, 0.3) is 0 Å². The quantitative estimate of drug-likeness (QED) is 0.824. The second-order valence-electron chi connectivity index (χ2n) is 6.23. The van der Waals surface area contributed by atoms with Crippen molar-refractivity contribution in [2.24, 2.45) is 0 Å². The second kappa shape index (κ2) is 6.92. The zero-order chi connectivity index (χ0) is 15.3. The first kappa shape index (κ1) is 16.8. The highest BCUT2D eigenvalue weighted by Crippen LogP contribution is 2.16. The largest absolute Gasteiger partial charge is 0.480 e. The lowest BCUT2D eigenvalue weighted by atomic mass is 10.0. The SMILES string of the molecule is CCC(NC1CCCN(C(=O)OC(C)(C)C)C1)C(=O)O. The van der Waals surface area contributed by atoms with E-state index in [2.05, 4.69) is 5.32 Å². The molecule has 1 fully saturated rings. The Morgan fingerprint density at radius 3 is 2.60 bits per heavy atom. The van der Waals surface area contributed by atoms with Gasteiger partial charge in [-0.05, 0) is 40.0 Å². The van der Waals surface area contributed by atoms with E-state index in [1.165, 1.54) is 0 Å². The number of aliphatic carboxylic acids is 1. The van der Waals surface area contributed by atoms with Crippen molar-refractivity contribution in [1.29, 1.82) is 0 Å². The number of nitrogens with zero attached hydrogens (tertiary/aromatic N) is 1. The number of carboxylic acids is 1. The first-order valence-electron chi connectivity index (χ1n) is 7.19. The van der Waals surface area contributed by atoms with E-state index in [0.717, 1.165) is 12.8 Å². The van der Waals surface area contributed by atoms with Crippen molar-refractivity contribution >= 4 is 12.1 Å². The van der Waals surface area contributed by atoms with Crippen LogP contribution < -0.4 is 5.32 Å². The highest BCUT2D eigenvalue weighted by atomic mass is 16.6. The maximum atomic E-state index is 12.0. The molecule has 0 bridgehead atoms. The fourth-order valence-corrected chi connectivity index (χ4v) is 2.25. The third-order valence-corrected chi connectivity index (χ3v) is 3.22. The zero-order valence-corrected chi connectivity index (χ0v) is 12.8. The minimum atomic E-state index is -0.845. The van der Waals surface area contributed by atoms with Crippen LogP contribution in [0.25, 0.3) is 0 Å². The Morgan fingerprint density at radius 2 is 2.10 bits per heavy atom. The average molecular weight is 286 g/mol. The van der Waals surface area contributed by atoms with Crippen LogP contribution in [0.4, 0.5) is 4.79 Å². The molecule has 2 N–H and O–H groups in total. The molecule has 0 aromatic rings. The van der Waals surface area contributed by atoms with Crippen molar-refractivity contribution in [2.45, 2.75) is 64.6 Å². The summed E-state index contributed by atoms with van der Waals surface area (Å²) in [6.07, 6.45) is 1.93. The number of hydrogen-bond donors (Lipinski definition) is 2. The molecular formula is C14H26N2O4. The van der Waals surface area contributed by atoms with Gasteiger partial charge in [0.05, 0.1) is 0 Å². The minimum absolute atomic E-state index is 0.0114. The number of amides is 1. The van der Waals surface area contributed by atoms with Crippen LogP contribution in [-0.2, 0) is 9.53 Å². The van der Waals surface area contributed by atoms with E-state index in [0.29, 0.717) is 19.5 Å². The van der Waals surface area contributed by atoms with Crippen LogP contribution >= 0.6 is 0 Å². The van der Waals surface area contributed by atoms with Crippen LogP contribution in [-0.4, -0.2) is 52.8 Å². The van der Waals surface area contributed by atoms with E-state index in [4.69, 9.17) is 9.84 Å². The summed E-state index contributed by atoms with van der Waals surface area (Å²) in [5, 5.41) is 12.2. The van der Waals surface area contributed by atoms with E-state index in [-0.39, 0.29) is 12.1 Å². The first-order chi connectivity index (χ1) is 9.23. The molecule has 6 heteroatoms. The number of rotatable bonds is 4. The molecule has 1 aliphatic rings. The Kier molecular flexibility index (Phi) is 5.80. The number of carbonyl (C=O) groups is 2. The van der Waals surface area contributed by atoms with Crippen LogP contribution in [0.1, 0.15) is 47.0 Å². The van der Waals surface area contributed by atoms with Crippen LogP contribution in [0.5, 0.6) is 0 Å². The molecule has 6 nitrogen and oxygen atoms in total. The average Bonchev–Trinajstić information content (AvgIpc) is 2.34. The number of piperidine rings is 1. The molecule has 2 atom stereocenters. The minimum Gasteiger partial charge on any atom is -0.480 e. The maximum absolute atomic E-state index is 12.0. The van der Waals surface area contributed by atoms with Crippen molar-refractivity contribution < 1.29 is 19.4 Å². The lowest BCUT2D eigenvalue weighted by molar-refractivity contribution is -0.139. The van der Waals surface area contributed by atoms with Gasteiger partial charge in [-0.25, -0.2) is 4.79 Å². The Labute approximate surface area is 120 Å². The summed E-state index contributed by atoms with van der Waals surface area (Å²) in [4.78, 5) is 24.7. The van der Waals surface area contributed by atoms with E-state index in [1.807, 2.05) is 27.7 Å². The van der Waals surface area contributed by atoms with Gasteiger partial charge in [-0.15, -0.1) is 0 Å². The lowest BCUT2D eigenvalue weighted by Crippen LogP contribution is -2.53. The van der Waals surface area contributed by atoms with Crippen molar-refractivity contribution in [3.63, 3.8) is 0 Å². The molecule has 1 heterocycles. The van der Waals surface area contributed by atoms with Gasteiger partial charge in [-0.1, -0.05) is 6.92 Å². The molecule has 1 aliphatic heterocycles. The van der Waals surface area contributed by atoms with Gasteiger partial charge in [0.15, 0.2) is 0 Å². The summed E-state index contributed by atoms with van der Waals surface area (Å²) in [5.74, 6) is -0.845. The molecule has 1 rings (SSSR count). The second-order valence-corrected chi connectivity index (χ2v) is 6.23. The molecule has 1 saturated heterocycles. The lowest BCUT2D eigenvalue weighted by Gasteiger charge is -2.35. The van der Waals surface area contributed by atoms with E-state index in [9.17, 15) is 9.59 Å². The fraction of sp³-hybridized carbons (Fsp3) is 0.857. The predicted octanol–water partition coefficient (Wildman–Crippen LogP) is 1.84. The molecule has 0 aromatic carbocycles. The predicted molar refractivity (Wildman–Crippen MR) is 75.7 cm³/mol. The van der Waals surface area contributed by atoms with Gasteiger partial charge in [0.1, 0.15) is 11.6 Å². The van der Waals surface area contributed by atoms with Crippen LogP contribution in [0.2, 0.25) is 0 Å². The monoisotopic (exact) mass is 286 g/mol. The van der Waals surface area contributed by atoms with Crippen LogP contribution in [0.15, 0.2) is 0 Å². The van der Waals surface area contributed by atoms with Crippen molar-refractivity contribution in [1.82, 2.24) is 10.2 Å². The van der Waals surface area contributed by atoms with E-state index in [1.54, 1.807) is 4.90 Å². The van der Waals surface area contributed by atoms with Gasteiger partial charge in [-0.3, -0.25) is 10.1 Å². The Morgan fingerprint density at radius 1 is 1.45 bits per heavy atom. The van der Waals surface area contributed by atoms with E-state index < -0.39 is 17.6 Å². The maximum Gasteiger partial charge on any atom is 0.410 e. The van der Waals surface area contributed by atoms with Crippen molar-refractivity contribution in [3.05, 3.63) is 0 Å². The number of nitrogens with one attached hydrogen (secondary N) is 1. The number of carbonyl (C=O) groups excluding carboxylic acids is 1. The Balaban J connectivity index is 2.54. The van der Waals surface area contributed by atoms with Gasteiger partial charge in [0.2, 0.25) is 0 Å². The normalized spacial score (nSPS) is 21.4. The Bertz CT molecular complexity index is 352. The molecule has 0 radical (unpaired) electrons. The molecule has 20 heavy (non-hydrogen) atoms. The summed E-state index contributed by atoms with van der Waals surface area (Å²) in [6.45, 7) is 8.50. The highest BCUT2D eigenvalue weighted by Gasteiger charge is 2.29. The molecule has 2 unspecified atom stereocenters. The molecule has 0 aliphatic carbocycles. The fourth-order valence-electron chi connectivity index (χ4n) is 2.25. The summed E-state index contributed by atoms with van der Waals surface area (Å²) < 4.78 is 5.35. The summed E-state index contributed by atoms with van der Waals surface area (Å²) >= 11 is 0. The van der Waals surface area contributed by atoms with Crippen LogP contribution in [0.3, 0.4) is 0 Å². The van der Waals surface area contributed by atoms with Gasteiger partial charge in [-0.2, -0.15) is 0 Å². The van der Waals surface area contributed by atoms with Gasteiger partial charge < -0.3 is 14.7 Å². The molecule has 1 amide bonds. The smallest absolute Gasteiger partial charge is 0.410 e. The van der Waals surface area contributed by atoms with Crippen LogP contribution in [0, 0.1) is 0 Å². The molecule has 0 aromatic heterocycles. The summed E-state index contributed by atoms with van der Waals surface area (Å²) in [7, 11) is 0. The number of ether oxygens (including phenoxy) is 1. The summed E-state index contributed by atoms with van der Waals surface area (Å²) in [5.41, 5.74) is -0.509. The topological polar surface area (TPSA) is 78.9 Å². The third kappa shape index (κ3) is 5.36.